The van der Waals surface area contributed by atoms with Gasteiger partial charge in [-0.2, -0.15) is 0 Å². The van der Waals surface area contributed by atoms with Gasteiger partial charge in [-0.25, -0.2) is 4.98 Å². The van der Waals surface area contributed by atoms with Crippen LogP contribution in [0.2, 0.25) is 5.15 Å². The van der Waals surface area contributed by atoms with Gasteiger partial charge in [0.15, 0.2) is 0 Å². The van der Waals surface area contributed by atoms with Crippen molar-refractivity contribution in [3.63, 3.8) is 0 Å². The minimum Gasteiger partial charge on any atom is -0.332 e. The van der Waals surface area contributed by atoms with Gasteiger partial charge < -0.3 is 9.88 Å². The molecule has 0 aliphatic rings. The summed E-state index contributed by atoms with van der Waals surface area (Å²) >= 11 is 5.92. The van der Waals surface area contributed by atoms with E-state index in [0.717, 1.165) is 16.5 Å². The maximum atomic E-state index is 13.0. The molecule has 5 heteroatoms. The molecule has 4 nitrogen and oxygen atoms in total. The molecule has 0 aliphatic carbocycles. The Morgan fingerprint density at radius 3 is 2.77 bits per heavy atom. The molecule has 0 spiro atoms. The second-order valence-corrected chi connectivity index (χ2v) is 6.99. The van der Waals surface area contributed by atoms with E-state index in [9.17, 15) is 4.79 Å². The summed E-state index contributed by atoms with van der Waals surface area (Å²) in [6.45, 7) is 10.7. The maximum Gasteiger partial charge on any atom is 0.273 e. The third kappa shape index (κ3) is 3.37. The Balaban J connectivity index is 2.11. The number of hydrogen-bond donors (Lipinski definition) is 1. The van der Waals surface area contributed by atoms with Crippen LogP contribution in [0.1, 0.15) is 41.4 Å². The van der Waals surface area contributed by atoms with E-state index in [1.807, 2.05) is 11.5 Å². The van der Waals surface area contributed by atoms with Crippen molar-refractivity contribution in [1.82, 2.24) is 9.55 Å². The summed E-state index contributed by atoms with van der Waals surface area (Å²) in [7, 11) is 0. The van der Waals surface area contributed by atoms with E-state index in [1.54, 1.807) is 24.3 Å². The summed E-state index contributed by atoms with van der Waals surface area (Å²) < 4.78 is 1.99. The lowest BCUT2D eigenvalue weighted by Crippen LogP contribution is -2.18. The highest BCUT2D eigenvalue weighted by molar-refractivity contribution is 6.29. The van der Waals surface area contributed by atoms with E-state index in [2.05, 4.69) is 48.9 Å². The van der Waals surface area contributed by atoms with Crippen LogP contribution in [0.15, 0.2) is 49.1 Å². The first kappa shape index (κ1) is 18.2. The van der Waals surface area contributed by atoms with E-state index in [1.165, 1.54) is 5.56 Å². The van der Waals surface area contributed by atoms with Crippen LogP contribution >= 0.6 is 11.6 Å². The van der Waals surface area contributed by atoms with Crippen LogP contribution in [-0.4, -0.2) is 15.5 Å². The maximum absolute atomic E-state index is 13.0. The zero-order chi connectivity index (χ0) is 18.8. The SMILES string of the molecule is C=CCn1c(C(=O)Nc2cccc(Cl)n2)c(C)c2cc(C(C)C)ccc21. The van der Waals surface area contributed by atoms with Gasteiger partial charge in [0.2, 0.25) is 0 Å². The fourth-order valence-electron chi connectivity index (χ4n) is 3.16. The normalized spacial score (nSPS) is 11.1. The Bertz CT molecular complexity index is 988. The number of amides is 1. The van der Waals surface area contributed by atoms with E-state index < -0.39 is 0 Å². The number of nitrogens with zero attached hydrogens (tertiary/aromatic N) is 2. The van der Waals surface area contributed by atoms with Gasteiger partial charge in [0.05, 0.1) is 0 Å². The van der Waals surface area contributed by atoms with Crippen molar-refractivity contribution in [3.05, 3.63) is 71.0 Å². The van der Waals surface area contributed by atoms with Gasteiger partial charge in [0.1, 0.15) is 16.7 Å². The molecule has 2 heterocycles. The molecule has 0 unspecified atom stereocenters. The van der Waals surface area contributed by atoms with Crippen LogP contribution in [0.3, 0.4) is 0 Å². The number of allylic oxidation sites excluding steroid dienone is 1. The molecule has 0 radical (unpaired) electrons. The van der Waals surface area contributed by atoms with Gasteiger partial charge >= 0.3 is 0 Å². The molecule has 26 heavy (non-hydrogen) atoms. The van der Waals surface area contributed by atoms with Crippen LogP contribution < -0.4 is 5.32 Å². The third-order valence-electron chi connectivity index (χ3n) is 4.49. The lowest BCUT2D eigenvalue weighted by Gasteiger charge is -2.10. The Kier molecular flexibility index (Phi) is 5.14. The number of carbonyl (C=O) groups is 1. The monoisotopic (exact) mass is 367 g/mol. The van der Waals surface area contributed by atoms with Crippen LogP contribution in [0.5, 0.6) is 0 Å². The molecular weight excluding hydrogens is 346 g/mol. The molecule has 1 amide bonds. The fourth-order valence-corrected chi connectivity index (χ4v) is 3.33. The number of anilines is 1. The van der Waals surface area contributed by atoms with E-state index in [4.69, 9.17) is 11.6 Å². The van der Waals surface area contributed by atoms with Gasteiger partial charge in [0, 0.05) is 17.4 Å². The van der Waals surface area contributed by atoms with Crippen molar-refractivity contribution in [3.8, 4) is 0 Å². The zero-order valence-corrected chi connectivity index (χ0v) is 16.0. The van der Waals surface area contributed by atoms with Gasteiger partial charge in [-0.3, -0.25) is 4.79 Å². The second kappa shape index (κ2) is 7.34. The number of hydrogen-bond acceptors (Lipinski definition) is 2. The van der Waals surface area contributed by atoms with Gasteiger partial charge in [-0.1, -0.05) is 43.7 Å². The number of rotatable bonds is 5. The molecule has 0 fully saturated rings. The first-order chi connectivity index (χ1) is 12.4. The summed E-state index contributed by atoms with van der Waals surface area (Å²) in [6, 6.07) is 11.5. The summed E-state index contributed by atoms with van der Waals surface area (Å²) in [5.74, 6) is 0.649. The van der Waals surface area contributed by atoms with Crippen molar-refractivity contribution in [1.29, 1.82) is 0 Å². The van der Waals surface area contributed by atoms with Crippen LogP contribution in [0, 0.1) is 6.92 Å². The Labute approximate surface area is 158 Å². The molecule has 3 rings (SSSR count). The topological polar surface area (TPSA) is 46.9 Å². The Hall–Kier alpha value is -2.59. The molecule has 2 aromatic heterocycles. The molecule has 0 bridgehead atoms. The molecule has 1 aromatic carbocycles. The van der Waals surface area contributed by atoms with Crippen LogP contribution in [0.25, 0.3) is 10.9 Å². The highest BCUT2D eigenvalue weighted by atomic mass is 35.5. The highest BCUT2D eigenvalue weighted by Crippen LogP contribution is 2.29. The predicted molar refractivity (Wildman–Crippen MR) is 108 cm³/mol. The smallest absolute Gasteiger partial charge is 0.273 e. The summed E-state index contributed by atoms with van der Waals surface area (Å²) in [4.78, 5) is 17.1. The Morgan fingerprint density at radius 2 is 2.12 bits per heavy atom. The van der Waals surface area contributed by atoms with Gasteiger partial charge in [-0.15, -0.1) is 6.58 Å². The molecule has 134 valence electrons. The molecule has 3 aromatic rings. The van der Waals surface area contributed by atoms with Crippen molar-refractivity contribution in [2.45, 2.75) is 33.2 Å². The van der Waals surface area contributed by atoms with Crippen LogP contribution in [-0.2, 0) is 6.54 Å². The average Bonchev–Trinajstić information content (AvgIpc) is 2.87. The number of benzene rings is 1. The number of halogens is 1. The summed E-state index contributed by atoms with van der Waals surface area (Å²) in [5, 5.41) is 4.27. The van der Waals surface area contributed by atoms with Crippen molar-refractivity contribution in [2.75, 3.05) is 5.32 Å². The minimum atomic E-state index is -0.207. The second-order valence-electron chi connectivity index (χ2n) is 6.60. The third-order valence-corrected chi connectivity index (χ3v) is 4.70. The first-order valence-electron chi connectivity index (χ1n) is 8.60. The molecule has 0 saturated carbocycles. The Morgan fingerprint density at radius 1 is 1.35 bits per heavy atom. The fraction of sp³-hybridized carbons (Fsp3) is 0.238. The summed E-state index contributed by atoms with van der Waals surface area (Å²) in [5.41, 5.74) is 3.84. The van der Waals surface area contributed by atoms with E-state index in [0.29, 0.717) is 29.1 Å². The largest absolute Gasteiger partial charge is 0.332 e. The molecule has 1 N–H and O–H groups in total. The van der Waals surface area contributed by atoms with Crippen molar-refractivity contribution < 1.29 is 4.79 Å². The van der Waals surface area contributed by atoms with Gasteiger partial charge in [-0.05, 0) is 48.2 Å². The average molecular weight is 368 g/mol. The quantitative estimate of drug-likeness (QED) is 0.474. The molecule has 0 saturated heterocycles. The number of nitrogens with one attached hydrogen (secondary N) is 1. The minimum absolute atomic E-state index is 0.207. The number of aromatic nitrogens is 2. The van der Waals surface area contributed by atoms with Crippen LogP contribution in [0.4, 0.5) is 5.82 Å². The summed E-state index contributed by atoms with van der Waals surface area (Å²) in [6.07, 6.45) is 1.80. The number of fused-ring (bicyclic) bond motifs is 1. The zero-order valence-electron chi connectivity index (χ0n) is 15.2. The molecule has 0 aliphatic heterocycles. The number of pyridine rings is 1. The van der Waals surface area contributed by atoms with Crippen molar-refractivity contribution in [2.24, 2.45) is 0 Å². The van der Waals surface area contributed by atoms with E-state index in [-0.39, 0.29) is 5.91 Å². The van der Waals surface area contributed by atoms with Gasteiger partial charge in [0.25, 0.3) is 5.91 Å². The highest BCUT2D eigenvalue weighted by Gasteiger charge is 2.20. The first-order valence-corrected chi connectivity index (χ1v) is 8.97. The number of aryl methyl sites for hydroxylation is 1. The van der Waals surface area contributed by atoms with Crippen molar-refractivity contribution >= 4 is 34.2 Å². The molecular formula is C21H22ClN3O. The molecule has 0 atom stereocenters. The lowest BCUT2D eigenvalue weighted by molar-refractivity contribution is 0.101. The number of carbonyl (C=O) groups excluding carboxylic acids is 1. The standard InChI is InChI=1S/C21H22ClN3O/c1-5-11-25-17-10-9-15(13(2)3)12-16(17)14(4)20(25)21(26)24-19-8-6-7-18(22)23-19/h5-10,12-13H,1,11H2,2-4H3,(H,23,24,26). The lowest BCUT2D eigenvalue weighted by atomic mass is 10.0. The van der Waals surface area contributed by atoms with E-state index >= 15 is 0 Å². The predicted octanol–water partition coefficient (Wildman–Crippen LogP) is 5.56.